The summed E-state index contributed by atoms with van der Waals surface area (Å²) in [4.78, 5) is 4.74. The van der Waals surface area contributed by atoms with Crippen LogP contribution in [0, 0.1) is 5.41 Å². The molecule has 0 saturated carbocycles. The molecule has 1 aliphatic rings. The van der Waals surface area contributed by atoms with Crippen molar-refractivity contribution in [2.24, 2.45) is 10.4 Å². The molecule has 1 heterocycles. The molecule has 0 amide bonds. The maximum atomic E-state index is 12.1. The number of hydrogen-bond donors (Lipinski definition) is 1. The summed E-state index contributed by atoms with van der Waals surface area (Å²) in [6, 6.07) is 6.75. The highest BCUT2D eigenvalue weighted by Gasteiger charge is 2.27. The number of halogens is 2. The summed E-state index contributed by atoms with van der Waals surface area (Å²) in [6.45, 7) is 3.76. The summed E-state index contributed by atoms with van der Waals surface area (Å²) in [7, 11) is 0. The number of hydrogen-bond acceptors (Lipinski definition) is 4. The number of anilines is 1. The number of thioether (sulfide) groups is 1. The Bertz CT molecular complexity index is 497. The summed E-state index contributed by atoms with van der Waals surface area (Å²) in [5, 5.41) is 4.11. The molecule has 6 heteroatoms. The van der Waals surface area contributed by atoms with Crippen LogP contribution in [0.2, 0.25) is 0 Å². The number of amidine groups is 1. The van der Waals surface area contributed by atoms with Gasteiger partial charge in [0, 0.05) is 11.4 Å². The molecule has 2 rings (SSSR count). The van der Waals surface area contributed by atoms with E-state index in [1.54, 1.807) is 23.9 Å². The Morgan fingerprint density at radius 1 is 1.29 bits per heavy atom. The molecule has 1 atom stereocenters. The van der Waals surface area contributed by atoms with Crippen molar-refractivity contribution in [2.75, 3.05) is 11.1 Å². The molecule has 21 heavy (non-hydrogen) atoms. The Morgan fingerprint density at radius 3 is 2.52 bits per heavy atom. The fraction of sp³-hybridized carbons (Fsp3) is 0.533. The summed E-state index contributed by atoms with van der Waals surface area (Å²) < 4.78 is 28.5. The maximum absolute atomic E-state index is 12.1. The van der Waals surface area contributed by atoms with E-state index in [1.165, 1.54) is 12.1 Å². The number of ether oxygens (including phenoxy) is 1. The van der Waals surface area contributed by atoms with Gasteiger partial charge in [0.15, 0.2) is 5.17 Å². The van der Waals surface area contributed by atoms with E-state index in [-0.39, 0.29) is 11.2 Å². The van der Waals surface area contributed by atoms with Gasteiger partial charge in [-0.25, -0.2) is 0 Å². The monoisotopic (exact) mass is 314 g/mol. The smallest absolute Gasteiger partial charge is 0.387 e. The number of benzene rings is 1. The zero-order valence-electron chi connectivity index (χ0n) is 12.4. The predicted octanol–water partition coefficient (Wildman–Crippen LogP) is 4.61. The van der Waals surface area contributed by atoms with Crippen LogP contribution < -0.4 is 10.1 Å². The lowest BCUT2D eigenvalue weighted by molar-refractivity contribution is -0.0498. The van der Waals surface area contributed by atoms with Crippen LogP contribution >= 0.6 is 11.8 Å². The average molecular weight is 314 g/mol. The lowest BCUT2D eigenvalue weighted by Crippen LogP contribution is -2.30. The van der Waals surface area contributed by atoms with Gasteiger partial charge in [0.1, 0.15) is 5.75 Å². The Hall–Kier alpha value is -1.30. The number of aliphatic imine (C=N–C) groups is 1. The third kappa shape index (κ3) is 4.88. The van der Waals surface area contributed by atoms with Gasteiger partial charge in [-0.2, -0.15) is 8.78 Å². The number of nitrogens with zero attached hydrogens (tertiary/aromatic N) is 1. The largest absolute Gasteiger partial charge is 0.435 e. The normalized spacial score (nSPS) is 19.3. The molecule has 1 aliphatic heterocycles. The maximum Gasteiger partial charge on any atom is 0.387 e. The minimum Gasteiger partial charge on any atom is -0.435 e. The summed E-state index contributed by atoms with van der Waals surface area (Å²) >= 11 is 1.68. The Kier molecular flexibility index (Phi) is 5.08. The highest BCUT2D eigenvalue weighted by atomic mass is 32.2. The van der Waals surface area contributed by atoms with Gasteiger partial charge in [0.25, 0.3) is 0 Å². The second-order valence-corrected chi connectivity index (χ2v) is 7.06. The molecule has 0 radical (unpaired) electrons. The Morgan fingerprint density at radius 2 is 1.95 bits per heavy atom. The lowest BCUT2D eigenvalue weighted by atomic mass is 9.85. The van der Waals surface area contributed by atoms with Gasteiger partial charge in [0.2, 0.25) is 0 Å². The van der Waals surface area contributed by atoms with E-state index in [9.17, 15) is 8.78 Å². The van der Waals surface area contributed by atoms with E-state index in [0.29, 0.717) is 6.04 Å². The van der Waals surface area contributed by atoms with Gasteiger partial charge in [0.05, 0.1) is 6.04 Å². The standard InChI is InChI=1S/C15H20F2N2OS/c1-15(2,3)12-8-9-21-14(19-12)18-10-4-6-11(7-5-10)20-13(16)17/h4-7,12-13H,8-9H2,1-3H3,(H,18,19). The van der Waals surface area contributed by atoms with Crippen molar-refractivity contribution in [3.05, 3.63) is 24.3 Å². The van der Waals surface area contributed by atoms with Crippen LogP contribution in [0.25, 0.3) is 0 Å². The molecule has 1 unspecified atom stereocenters. The zero-order valence-corrected chi connectivity index (χ0v) is 13.2. The topological polar surface area (TPSA) is 33.6 Å². The molecule has 0 fully saturated rings. The second-order valence-electron chi connectivity index (χ2n) is 5.98. The highest BCUT2D eigenvalue weighted by Crippen LogP contribution is 2.31. The van der Waals surface area contributed by atoms with Crippen molar-refractivity contribution >= 4 is 22.6 Å². The number of rotatable bonds is 3. The van der Waals surface area contributed by atoms with Crippen molar-refractivity contribution in [1.82, 2.24) is 0 Å². The minimum absolute atomic E-state index is 0.142. The summed E-state index contributed by atoms with van der Waals surface area (Å²) in [5.41, 5.74) is 0.959. The molecule has 116 valence electrons. The quantitative estimate of drug-likeness (QED) is 0.884. The molecule has 0 spiro atoms. The van der Waals surface area contributed by atoms with E-state index in [4.69, 9.17) is 4.99 Å². The van der Waals surface area contributed by atoms with Crippen LogP contribution in [0.4, 0.5) is 14.5 Å². The molecule has 0 aromatic heterocycles. The van der Waals surface area contributed by atoms with E-state index < -0.39 is 6.61 Å². The van der Waals surface area contributed by atoms with Gasteiger partial charge in [-0.15, -0.1) is 0 Å². The van der Waals surface area contributed by atoms with Crippen molar-refractivity contribution in [3.8, 4) is 5.75 Å². The van der Waals surface area contributed by atoms with Crippen LogP contribution in [0.1, 0.15) is 27.2 Å². The van der Waals surface area contributed by atoms with Crippen LogP contribution in [-0.2, 0) is 0 Å². The predicted molar refractivity (Wildman–Crippen MR) is 84.4 cm³/mol. The van der Waals surface area contributed by atoms with Crippen LogP contribution in [0.15, 0.2) is 29.3 Å². The fourth-order valence-electron chi connectivity index (χ4n) is 2.05. The first-order chi connectivity index (χ1) is 9.84. The molecule has 1 N–H and O–H groups in total. The summed E-state index contributed by atoms with van der Waals surface area (Å²) in [6.07, 6.45) is 1.07. The molecule has 3 nitrogen and oxygen atoms in total. The first-order valence-corrected chi connectivity index (χ1v) is 7.85. The fourth-order valence-corrected chi connectivity index (χ4v) is 2.98. The summed E-state index contributed by atoms with van der Waals surface area (Å²) in [5.74, 6) is 1.18. The molecule has 1 aromatic rings. The van der Waals surface area contributed by atoms with Gasteiger partial charge >= 0.3 is 6.61 Å². The van der Waals surface area contributed by atoms with Crippen molar-refractivity contribution in [2.45, 2.75) is 39.8 Å². The third-order valence-electron chi connectivity index (χ3n) is 3.23. The van der Waals surface area contributed by atoms with Gasteiger partial charge in [-0.1, -0.05) is 32.5 Å². The number of nitrogens with one attached hydrogen (secondary N) is 1. The average Bonchev–Trinajstić information content (AvgIpc) is 2.40. The highest BCUT2D eigenvalue weighted by molar-refractivity contribution is 8.14. The molecule has 0 bridgehead atoms. The van der Waals surface area contributed by atoms with Crippen molar-refractivity contribution in [1.29, 1.82) is 0 Å². The Labute approximate surface area is 128 Å². The molecule has 0 aliphatic carbocycles. The van der Waals surface area contributed by atoms with Crippen LogP contribution in [0.3, 0.4) is 0 Å². The van der Waals surface area contributed by atoms with Crippen LogP contribution in [0.5, 0.6) is 5.75 Å². The lowest BCUT2D eigenvalue weighted by Gasteiger charge is -2.31. The van der Waals surface area contributed by atoms with E-state index >= 15 is 0 Å². The van der Waals surface area contributed by atoms with Gasteiger partial charge < -0.3 is 10.1 Å². The van der Waals surface area contributed by atoms with E-state index in [2.05, 4.69) is 30.8 Å². The van der Waals surface area contributed by atoms with Crippen molar-refractivity contribution < 1.29 is 13.5 Å². The second kappa shape index (κ2) is 6.64. The van der Waals surface area contributed by atoms with Crippen molar-refractivity contribution in [3.63, 3.8) is 0 Å². The molecular weight excluding hydrogens is 294 g/mol. The molecule has 0 saturated heterocycles. The SMILES string of the molecule is CC(C)(C)C1CCSC(Nc2ccc(OC(F)F)cc2)=N1. The van der Waals surface area contributed by atoms with E-state index in [0.717, 1.165) is 23.0 Å². The first-order valence-electron chi connectivity index (χ1n) is 6.87. The van der Waals surface area contributed by atoms with Crippen LogP contribution in [-0.4, -0.2) is 23.6 Å². The molecule has 1 aromatic carbocycles. The van der Waals surface area contributed by atoms with Gasteiger partial charge in [-0.3, -0.25) is 4.99 Å². The zero-order chi connectivity index (χ0) is 15.5. The minimum atomic E-state index is -2.80. The van der Waals surface area contributed by atoms with E-state index in [1.807, 2.05) is 0 Å². The first kappa shape index (κ1) is 16.1. The third-order valence-corrected chi connectivity index (χ3v) is 4.15. The molecular formula is C15H20F2N2OS. The van der Waals surface area contributed by atoms with Gasteiger partial charge in [-0.05, 0) is 36.1 Å². The number of alkyl halides is 2. The Balaban J connectivity index is 2.02.